The third-order valence-corrected chi connectivity index (χ3v) is 19.8. The molecular formula is C76H143NO18. The number of aliphatic hydroxyl groups is 11. The van der Waals surface area contributed by atoms with Gasteiger partial charge in [0.25, 0.3) is 0 Å². The van der Waals surface area contributed by atoms with E-state index in [1.165, 1.54) is 250 Å². The number of carbonyl (C=O) groups excluding carboxylic acids is 1. The Morgan fingerprint density at radius 2 is 0.674 bits per heavy atom. The molecule has 0 aromatic heterocycles. The SMILES string of the molecule is CCCCCCCCCCCCCCC/C=C/CC/C=C/C(O)C(COC1OC(CO)C(OC2OC(CO)C(OC3OC(CO)C(O)C(O)C3O)C(O)C2O)C(O)C1O)NC(=O)CCCCCCCCCCCCCCCCCCCCCCCCCCCCCCCCC. The van der Waals surface area contributed by atoms with E-state index in [2.05, 4.69) is 31.3 Å². The van der Waals surface area contributed by atoms with Gasteiger partial charge in [0.05, 0.1) is 38.6 Å². The summed E-state index contributed by atoms with van der Waals surface area (Å²) in [5.41, 5.74) is 0. The first kappa shape index (κ1) is 87.5. The van der Waals surface area contributed by atoms with E-state index in [1.807, 2.05) is 6.08 Å². The molecule has 3 rings (SSSR count). The van der Waals surface area contributed by atoms with E-state index in [0.717, 1.165) is 38.5 Å². The highest BCUT2D eigenvalue weighted by Gasteiger charge is 2.53. The average molecular weight is 1360 g/mol. The van der Waals surface area contributed by atoms with E-state index < -0.39 is 124 Å². The number of unbranched alkanes of at least 4 members (excludes halogenated alkanes) is 44. The van der Waals surface area contributed by atoms with Crippen molar-refractivity contribution in [3.8, 4) is 0 Å². The molecule has 560 valence electrons. The Labute approximate surface area is 575 Å². The maximum atomic E-state index is 13.4. The maximum absolute atomic E-state index is 13.4. The van der Waals surface area contributed by atoms with Gasteiger partial charge in [-0.1, -0.05) is 308 Å². The normalized spacial score (nSPS) is 27.3. The zero-order valence-corrected chi connectivity index (χ0v) is 59.7. The number of hydrogen-bond acceptors (Lipinski definition) is 18. The minimum atomic E-state index is -1.98. The molecule has 0 spiro atoms. The Bertz CT molecular complexity index is 1810. The number of hydrogen-bond donors (Lipinski definition) is 12. The number of amides is 1. The summed E-state index contributed by atoms with van der Waals surface area (Å²) in [6.07, 6.45) is 41.8. The van der Waals surface area contributed by atoms with Crippen LogP contribution in [0, 0.1) is 0 Å². The van der Waals surface area contributed by atoms with Crippen LogP contribution in [-0.2, 0) is 33.2 Å². The molecule has 95 heavy (non-hydrogen) atoms. The predicted molar refractivity (Wildman–Crippen MR) is 374 cm³/mol. The van der Waals surface area contributed by atoms with Crippen LogP contribution in [0.1, 0.15) is 322 Å². The Hall–Kier alpha value is -1.73. The predicted octanol–water partition coefficient (Wildman–Crippen LogP) is 12.2. The third kappa shape index (κ3) is 38.8. The lowest BCUT2D eigenvalue weighted by Crippen LogP contribution is -2.66. The lowest BCUT2D eigenvalue weighted by molar-refractivity contribution is -0.379. The minimum Gasteiger partial charge on any atom is -0.394 e. The first-order valence-corrected chi connectivity index (χ1v) is 39.1. The van der Waals surface area contributed by atoms with Crippen LogP contribution in [0.3, 0.4) is 0 Å². The number of rotatable bonds is 62. The van der Waals surface area contributed by atoms with Gasteiger partial charge in [0, 0.05) is 6.42 Å². The van der Waals surface area contributed by atoms with Gasteiger partial charge in [-0.3, -0.25) is 4.79 Å². The van der Waals surface area contributed by atoms with Gasteiger partial charge in [-0.25, -0.2) is 0 Å². The maximum Gasteiger partial charge on any atom is 0.220 e. The van der Waals surface area contributed by atoms with Crippen molar-refractivity contribution in [3.63, 3.8) is 0 Å². The van der Waals surface area contributed by atoms with Crippen LogP contribution in [0.15, 0.2) is 24.3 Å². The standard InChI is InChI=1S/C76H143NO18/c1-3-5-7-9-11-13-15-17-19-21-23-24-25-26-27-28-29-30-31-32-33-34-36-38-40-42-44-46-48-50-52-54-64(82)77-59(60(81)53-51-49-47-45-43-41-39-37-35-22-20-18-16-14-12-10-8-6-4-2)58-90-74-70(88)67(85)72(62(56-79)92-74)95-76-71(89)68(86)73(63(57-80)93-76)94-75-69(87)66(84)65(83)61(55-78)91-75/h43,45,51,53,59-63,65-76,78-81,83-89H,3-42,44,46-50,52,54-58H2,1-2H3,(H,77,82)/b45-43+,53-51+. The summed E-state index contributed by atoms with van der Waals surface area (Å²) < 4.78 is 34.4. The van der Waals surface area contributed by atoms with Crippen molar-refractivity contribution in [1.82, 2.24) is 5.32 Å². The Kier molecular flexibility index (Phi) is 53.3. The molecule has 0 saturated carbocycles. The summed E-state index contributed by atoms with van der Waals surface area (Å²) in [4.78, 5) is 13.4. The first-order valence-electron chi connectivity index (χ1n) is 39.1. The molecule has 12 N–H and O–H groups in total. The fourth-order valence-corrected chi connectivity index (χ4v) is 13.4. The van der Waals surface area contributed by atoms with E-state index in [-0.39, 0.29) is 18.9 Å². The zero-order chi connectivity index (χ0) is 68.9. The van der Waals surface area contributed by atoms with Gasteiger partial charge in [-0.05, 0) is 32.1 Å². The molecule has 0 radical (unpaired) electrons. The van der Waals surface area contributed by atoms with E-state index in [9.17, 15) is 61.0 Å². The number of aliphatic hydroxyl groups excluding tert-OH is 11. The van der Waals surface area contributed by atoms with Crippen molar-refractivity contribution < 1.29 is 89.4 Å². The van der Waals surface area contributed by atoms with Gasteiger partial charge in [-0.2, -0.15) is 0 Å². The average Bonchev–Trinajstić information content (AvgIpc) is 0.786. The molecule has 0 aliphatic carbocycles. The second kappa shape index (κ2) is 57.8. The number of carbonyl (C=O) groups is 1. The topological polar surface area (TPSA) is 307 Å². The third-order valence-electron chi connectivity index (χ3n) is 19.8. The summed E-state index contributed by atoms with van der Waals surface area (Å²) >= 11 is 0. The van der Waals surface area contributed by atoms with Gasteiger partial charge >= 0.3 is 0 Å². The second-order valence-corrected chi connectivity index (χ2v) is 28.2. The molecule has 19 heteroatoms. The van der Waals surface area contributed by atoms with Crippen molar-refractivity contribution in [1.29, 1.82) is 0 Å². The fraction of sp³-hybridized carbons (Fsp3) is 0.934. The highest BCUT2D eigenvalue weighted by molar-refractivity contribution is 5.76. The van der Waals surface area contributed by atoms with Crippen LogP contribution in [0.5, 0.6) is 0 Å². The summed E-state index contributed by atoms with van der Waals surface area (Å²) in [7, 11) is 0. The summed E-state index contributed by atoms with van der Waals surface area (Å²) in [6.45, 7) is 1.77. The Morgan fingerprint density at radius 1 is 0.368 bits per heavy atom. The molecular weight excluding hydrogens is 1210 g/mol. The summed E-state index contributed by atoms with van der Waals surface area (Å²) in [5, 5.41) is 121. The Morgan fingerprint density at radius 3 is 1.05 bits per heavy atom. The summed E-state index contributed by atoms with van der Waals surface area (Å²) in [5.74, 6) is -0.278. The van der Waals surface area contributed by atoms with Crippen LogP contribution in [0.2, 0.25) is 0 Å². The molecule has 17 atom stereocenters. The van der Waals surface area contributed by atoms with Crippen LogP contribution in [-0.4, -0.2) is 193 Å². The second-order valence-electron chi connectivity index (χ2n) is 28.2. The molecule has 3 saturated heterocycles. The van der Waals surface area contributed by atoms with Crippen LogP contribution >= 0.6 is 0 Å². The lowest BCUT2D eigenvalue weighted by atomic mass is 9.96. The van der Waals surface area contributed by atoms with Crippen LogP contribution in [0.4, 0.5) is 0 Å². The van der Waals surface area contributed by atoms with Crippen molar-refractivity contribution >= 4 is 5.91 Å². The van der Waals surface area contributed by atoms with Gasteiger partial charge in [0.15, 0.2) is 18.9 Å². The molecule has 3 aliphatic rings. The molecule has 0 aromatic rings. The van der Waals surface area contributed by atoms with E-state index in [1.54, 1.807) is 6.08 Å². The van der Waals surface area contributed by atoms with Crippen molar-refractivity contribution in [2.75, 3.05) is 26.4 Å². The van der Waals surface area contributed by atoms with E-state index >= 15 is 0 Å². The molecule has 0 aromatic carbocycles. The number of ether oxygens (including phenoxy) is 6. The lowest BCUT2D eigenvalue weighted by Gasteiger charge is -2.48. The largest absolute Gasteiger partial charge is 0.394 e. The quantitative estimate of drug-likeness (QED) is 0.0199. The zero-order valence-electron chi connectivity index (χ0n) is 59.7. The Balaban J connectivity index is 1.37. The van der Waals surface area contributed by atoms with Crippen LogP contribution in [0.25, 0.3) is 0 Å². The van der Waals surface area contributed by atoms with E-state index in [0.29, 0.717) is 12.8 Å². The van der Waals surface area contributed by atoms with Crippen LogP contribution < -0.4 is 5.32 Å². The molecule has 3 heterocycles. The number of allylic oxidation sites excluding steroid dienone is 3. The first-order chi connectivity index (χ1) is 46.3. The molecule has 3 fully saturated rings. The van der Waals surface area contributed by atoms with Gasteiger partial charge in [0.2, 0.25) is 5.91 Å². The van der Waals surface area contributed by atoms with E-state index in [4.69, 9.17) is 28.4 Å². The molecule has 1 amide bonds. The molecule has 3 aliphatic heterocycles. The minimum absolute atomic E-state index is 0.241. The van der Waals surface area contributed by atoms with Crippen molar-refractivity contribution in [2.24, 2.45) is 0 Å². The van der Waals surface area contributed by atoms with Crippen molar-refractivity contribution in [3.05, 3.63) is 24.3 Å². The molecule has 19 nitrogen and oxygen atoms in total. The summed E-state index contributed by atoms with van der Waals surface area (Å²) in [6, 6.07) is -0.987. The molecule has 0 bridgehead atoms. The van der Waals surface area contributed by atoms with Gasteiger partial charge in [0.1, 0.15) is 73.2 Å². The van der Waals surface area contributed by atoms with Crippen molar-refractivity contribution in [2.45, 2.75) is 426 Å². The van der Waals surface area contributed by atoms with Gasteiger partial charge in [-0.15, -0.1) is 0 Å². The molecule has 17 unspecified atom stereocenters. The fourth-order valence-electron chi connectivity index (χ4n) is 13.4. The number of nitrogens with one attached hydrogen (secondary N) is 1. The smallest absolute Gasteiger partial charge is 0.220 e. The highest BCUT2D eigenvalue weighted by Crippen LogP contribution is 2.33. The van der Waals surface area contributed by atoms with Gasteiger partial charge < -0.3 is 89.9 Å². The highest BCUT2D eigenvalue weighted by atomic mass is 16.8. The monoisotopic (exact) mass is 1360 g/mol.